The molecular formula is C28H29F3O4. The van der Waals surface area contributed by atoms with Crippen molar-refractivity contribution in [2.45, 2.75) is 41.0 Å². The van der Waals surface area contributed by atoms with Gasteiger partial charge in [0.1, 0.15) is 17.2 Å². The lowest BCUT2D eigenvalue weighted by atomic mass is 9.96. The predicted octanol–water partition coefficient (Wildman–Crippen LogP) is 7.59. The summed E-state index contributed by atoms with van der Waals surface area (Å²) in [5.41, 5.74) is 6.22. The molecule has 0 heterocycles. The first kappa shape index (κ1) is 27.5. The Morgan fingerprint density at radius 1 is 0.914 bits per heavy atom. The lowest BCUT2D eigenvalue weighted by Crippen LogP contribution is -2.17. The Balaban J connectivity index is 1.98. The van der Waals surface area contributed by atoms with E-state index >= 15 is 0 Å². The van der Waals surface area contributed by atoms with Crippen LogP contribution in [-0.4, -0.2) is 19.4 Å². The number of ether oxygens (including phenoxy) is 3. The third-order valence-corrected chi connectivity index (χ3v) is 5.18. The molecule has 4 nitrogen and oxygen atoms in total. The fourth-order valence-corrected chi connectivity index (χ4v) is 3.24. The van der Waals surface area contributed by atoms with Gasteiger partial charge in [0, 0.05) is 6.08 Å². The summed E-state index contributed by atoms with van der Waals surface area (Å²) in [6.07, 6.45) is 6.10. The predicted molar refractivity (Wildman–Crippen MR) is 132 cm³/mol. The highest BCUT2D eigenvalue weighted by Gasteiger charge is 2.31. The highest BCUT2D eigenvalue weighted by Crippen LogP contribution is 2.28. The topological polar surface area (TPSA) is 44.8 Å². The van der Waals surface area contributed by atoms with Crippen LogP contribution in [-0.2, 0) is 4.79 Å². The van der Waals surface area contributed by atoms with Gasteiger partial charge in [-0.05, 0) is 92.8 Å². The van der Waals surface area contributed by atoms with E-state index in [0.29, 0.717) is 5.57 Å². The largest absolute Gasteiger partial charge is 0.573 e. The van der Waals surface area contributed by atoms with E-state index in [4.69, 9.17) is 9.47 Å². The third kappa shape index (κ3) is 8.85. The quantitative estimate of drug-likeness (QED) is 0.167. The van der Waals surface area contributed by atoms with Crippen molar-refractivity contribution < 1.29 is 32.2 Å². The monoisotopic (exact) mass is 486 g/mol. The van der Waals surface area contributed by atoms with Crippen LogP contribution in [0.4, 0.5) is 13.2 Å². The first-order chi connectivity index (χ1) is 16.4. The minimum Gasteiger partial charge on any atom is -0.496 e. The fraction of sp³-hybridized carbons (Fsp3) is 0.250. The second-order valence-corrected chi connectivity index (χ2v) is 7.99. The number of carbonyl (C=O) groups excluding carboxylic acids is 1. The molecule has 0 saturated heterocycles. The minimum absolute atomic E-state index is 0.109. The number of esters is 1. The summed E-state index contributed by atoms with van der Waals surface area (Å²) in [5.74, 6) is -0.0490. The Labute approximate surface area is 204 Å². The van der Waals surface area contributed by atoms with E-state index in [-0.39, 0.29) is 5.75 Å². The number of halogens is 3. The van der Waals surface area contributed by atoms with Crippen LogP contribution >= 0.6 is 0 Å². The molecule has 2 rings (SSSR count). The maximum Gasteiger partial charge on any atom is 0.573 e. The zero-order valence-electron chi connectivity index (χ0n) is 20.6. The van der Waals surface area contributed by atoms with Crippen LogP contribution in [0.2, 0.25) is 0 Å². The van der Waals surface area contributed by atoms with Crippen molar-refractivity contribution in [1.29, 1.82) is 0 Å². The number of hydrogen-bond donors (Lipinski definition) is 0. The summed E-state index contributed by atoms with van der Waals surface area (Å²) >= 11 is 0. The second kappa shape index (κ2) is 12.1. The molecule has 0 N–H and O–H groups in total. The van der Waals surface area contributed by atoms with Crippen LogP contribution in [0.3, 0.4) is 0 Å². The summed E-state index contributed by atoms with van der Waals surface area (Å²) < 4.78 is 50.9. The molecule has 0 spiro atoms. The van der Waals surface area contributed by atoms with Gasteiger partial charge in [-0.25, -0.2) is 4.79 Å². The number of carbonyl (C=O) groups is 1. The highest BCUT2D eigenvalue weighted by atomic mass is 19.4. The molecule has 2 aromatic rings. The maximum atomic E-state index is 12.2. The maximum absolute atomic E-state index is 12.2. The normalized spacial score (nSPS) is 12.9. The molecule has 0 aliphatic carbocycles. The summed E-state index contributed by atoms with van der Waals surface area (Å²) in [4.78, 5) is 12.1. The van der Waals surface area contributed by atoms with Gasteiger partial charge in [-0.1, -0.05) is 36.0 Å². The van der Waals surface area contributed by atoms with E-state index in [2.05, 4.69) is 17.7 Å². The molecule has 0 aliphatic rings. The lowest BCUT2D eigenvalue weighted by molar-refractivity contribution is -0.274. The average Bonchev–Trinajstić information content (AvgIpc) is 2.76. The van der Waals surface area contributed by atoms with Gasteiger partial charge >= 0.3 is 12.3 Å². The third-order valence-electron chi connectivity index (χ3n) is 5.18. The van der Waals surface area contributed by atoms with Crippen LogP contribution < -0.4 is 14.2 Å². The molecule has 0 fully saturated rings. The fourth-order valence-electron chi connectivity index (χ4n) is 3.24. The molecule has 0 amide bonds. The Hall–Kier alpha value is -3.74. The van der Waals surface area contributed by atoms with E-state index in [0.717, 1.165) is 40.1 Å². The van der Waals surface area contributed by atoms with Crippen LogP contribution in [0, 0.1) is 20.8 Å². The SMILES string of the molecule is COc1cc(C)c(/C=C/C(C)=C/C=C/C(C)=C/C(=O)Oc2ccc(OC(F)(F)F)cc2)c(C)c1C. The molecule has 2 aromatic carbocycles. The number of hydrogen-bond acceptors (Lipinski definition) is 4. The highest BCUT2D eigenvalue weighted by molar-refractivity contribution is 5.85. The van der Waals surface area contributed by atoms with Crippen LogP contribution in [0.15, 0.2) is 71.9 Å². The second-order valence-electron chi connectivity index (χ2n) is 7.99. The first-order valence-electron chi connectivity index (χ1n) is 10.8. The van der Waals surface area contributed by atoms with Crippen molar-refractivity contribution >= 4 is 12.0 Å². The van der Waals surface area contributed by atoms with Gasteiger partial charge < -0.3 is 14.2 Å². The van der Waals surface area contributed by atoms with Crippen molar-refractivity contribution in [3.63, 3.8) is 0 Å². The van der Waals surface area contributed by atoms with Crippen molar-refractivity contribution in [3.8, 4) is 17.2 Å². The molecule has 0 saturated carbocycles. The standard InChI is InChI=1S/C28H29F3O4/c1-18(10-15-25-20(3)17-26(33-6)22(5)21(25)4)8-7-9-19(2)16-27(32)34-23-11-13-24(14-12-23)35-28(29,30)31/h7-17H,1-6H3/b9-7+,15-10+,18-8+,19-16+. The number of aryl methyl sites for hydroxylation is 1. The zero-order valence-corrected chi connectivity index (χ0v) is 20.6. The van der Waals surface area contributed by atoms with Crippen molar-refractivity contribution in [2.24, 2.45) is 0 Å². The van der Waals surface area contributed by atoms with Crippen molar-refractivity contribution in [3.05, 3.63) is 94.1 Å². The number of alkyl halides is 3. The number of benzene rings is 2. The average molecular weight is 487 g/mol. The molecular weight excluding hydrogens is 457 g/mol. The van der Waals surface area contributed by atoms with Gasteiger partial charge in [0.2, 0.25) is 0 Å². The Kier molecular flexibility index (Phi) is 9.51. The van der Waals surface area contributed by atoms with Gasteiger partial charge in [-0.3, -0.25) is 0 Å². The van der Waals surface area contributed by atoms with Gasteiger partial charge in [-0.2, -0.15) is 0 Å². The first-order valence-corrected chi connectivity index (χ1v) is 10.8. The Morgan fingerprint density at radius 2 is 1.54 bits per heavy atom. The number of rotatable bonds is 8. The summed E-state index contributed by atoms with van der Waals surface area (Å²) in [5, 5.41) is 0. The van der Waals surface area contributed by atoms with E-state index in [1.54, 1.807) is 20.1 Å². The zero-order chi connectivity index (χ0) is 26.2. The Morgan fingerprint density at radius 3 is 2.14 bits per heavy atom. The van der Waals surface area contributed by atoms with Crippen LogP contribution in [0.5, 0.6) is 17.2 Å². The van der Waals surface area contributed by atoms with Gasteiger partial charge in [0.25, 0.3) is 0 Å². The smallest absolute Gasteiger partial charge is 0.496 e. The van der Waals surface area contributed by atoms with Crippen molar-refractivity contribution in [2.75, 3.05) is 7.11 Å². The van der Waals surface area contributed by atoms with E-state index in [9.17, 15) is 18.0 Å². The molecule has 35 heavy (non-hydrogen) atoms. The number of methoxy groups -OCH3 is 1. The summed E-state index contributed by atoms with van der Waals surface area (Å²) in [6.45, 7) is 9.87. The Bertz CT molecular complexity index is 1170. The lowest BCUT2D eigenvalue weighted by Gasteiger charge is -2.13. The van der Waals surface area contributed by atoms with Gasteiger partial charge in [0.15, 0.2) is 0 Å². The van der Waals surface area contributed by atoms with Crippen LogP contribution in [0.25, 0.3) is 6.08 Å². The van der Waals surface area contributed by atoms with E-state index in [1.807, 2.05) is 45.1 Å². The molecule has 186 valence electrons. The molecule has 0 aliphatic heterocycles. The van der Waals surface area contributed by atoms with E-state index < -0.39 is 18.1 Å². The molecule has 0 aromatic heterocycles. The van der Waals surface area contributed by atoms with Gasteiger partial charge in [-0.15, -0.1) is 13.2 Å². The molecule has 0 atom stereocenters. The molecule has 0 radical (unpaired) electrons. The molecule has 0 unspecified atom stereocenters. The van der Waals surface area contributed by atoms with Crippen LogP contribution in [0.1, 0.15) is 36.1 Å². The van der Waals surface area contributed by atoms with Gasteiger partial charge in [0.05, 0.1) is 7.11 Å². The minimum atomic E-state index is -4.78. The summed E-state index contributed by atoms with van der Waals surface area (Å²) in [6, 6.07) is 6.63. The number of allylic oxidation sites excluding steroid dienone is 6. The molecule has 0 bridgehead atoms. The molecule has 7 heteroatoms. The van der Waals surface area contributed by atoms with E-state index in [1.165, 1.54) is 23.8 Å². The van der Waals surface area contributed by atoms with Crippen molar-refractivity contribution in [1.82, 2.24) is 0 Å². The summed E-state index contributed by atoms with van der Waals surface area (Å²) in [7, 11) is 1.67.